The van der Waals surface area contributed by atoms with Crippen molar-refractivity contribution in [1.29, 1.82) is 0 Å². The van der Waals surface area contributed by atoms with Crippen LogP contribution in [-0.2, 0) is 0 Å². The van der Waals surface area contributed by atoms with Crippen molar-refractivity contribution in [2.45, 2.75) is 32.9 Å². The minimum Gasteiger partial charge on any atom is -0.491 e. The molecule has 0 radical (unpaired) electrons. The van der Waals surface area contributed by atoms with Gasteiger partial charge < -0.3 is 10.1 Å². The Kier molecular flexibility index (Phi) is 5.95. The van der Waals surface area contributed by atoms with E-state index in [9.17, 15) is 10.1 Å². The Labute approximate surface area is 117 Å². The molecule has 1 aromatic carbocycles. The number of hydrogen-bond acceptors (Lipinski definition) is 5. The van der Waals surface area contributed by atoms with Gasteiger partial charge in [0, 0.05) is 29.6 Å². The van der Waals surface area contributed by atoms with Crippen molar-refractivity contribution in [1.82, 2.24) is 0 Å². The lowest BCUT2D eigenvalue weighted by Crippen LogP contribution is -2.18. The molecule has 0 fully saturated rings. The van der Waals surface area contributed by atoms with E-state index < -0.39 is 4.92 Å². The molecule has 0 heterocycles. The molecule has 106 valence electrons. The third-order valence-electron chi connectivity index (χ3n) is 2.30. The molecule has 19 heavy (non-hydrogen) atoms. The van der Waals surface area contributed by atoms with Crippen molar-refractivity contribution in [3.8, 4) is 5.75 Å². The maximum Gasteiger partial charge on any atom is 0.275 e. The van der Waals surface area contributed by atoms with E-state index in [1.807, 2.05) is 27.0 Å². The summed E-state index contributed by atoms with van der Waals surface area (Å²) in [6.45, 7) is 5.82. The van der Waals surface area contributed by atoms with Gasteiger partial charge in [-0.15, -0.1) is 0 Å². The summed E-state index contributed by atoms with van der Waals surface area (Å²) in [5.41, 5.74) is 0.753. The number of anilines is 1. The second-order valence-electron chi connectivity index (χ2n) is 4.64. The van der Waals surface area contributed by atoms with Gasteiger partial charge in [-0.1, -0.05) is 0 Å². The van der Waals surface area contributed by atoms with E-state index >= 15 is 0 Å². The molecule has 1 N–H and O–H groups in total. The maximum absolute atomic E-state index is 10.9. The molecule has 0 bridgehead atoms. The Bertz CT molecular complexity index is 438. The molecule has 0 saturated carbocycles. The molecule has 0 aliphatic heterocycles. The number of thioether (sulfide) groups is 1. The second-order valence-corrected chi connectivity index (χ2v) is 5.55. The Hall–Kier alpha value is -1.43. The lowest BCUT2D eigenvalue weighted by atomic mass is 10.2. The first-order chi connectivity index (χ1) is 8.92. The maximum atomic E-state index is 10.9. The van der Waals surface area contributed by atoms with Crippen molar-refractivity contribution in [3.05, 3.63) is 28.3 Å². The van der Waals surface area contributed by atoms with Crippen LogP contribution in [-0.4, -0.2) is 29.1 Å². The van der Waals surface area contributed by atoms with E-state index in [4.69, 9.17) is 4.74 Å². The number of benzene rings is 1. The zero-order chi connectivity index (χ0) is 14.4. The number of rotatable bonds is 7. The Morgan fingerprint density at radius 2 is 2.05 bits per heavy atom. The Balaban J connectivity index is 2.95. The topological polar surface area (TPSA) is 64.4 Å². The predicted molar refractivity (Wildman–Crippen MR) is 80.3 cm³/mol. The van der Waals surface area contributed by atoms with Crippen molar-refractivity contribution >= 4 is 23.1 Å². The zero-order valence-corrected chi connectivity index (χ0v) is 12.5. The van der Waals surface area contributed by atoms with Crippen LogP contribution in [0.2, 0.25) is 0 Å². The fourth-order valence-electron chi connectivity index (χ4n) is 1.69. The summed E-state index contributed by atoms with van der Waals surface area (Å²) in [6.07, 6.45) is 2.01. The summed E-state index contributed by atoms with van der Waals surface area (Å²) >= 11 is 1.73. The van der Waals surface area contributed by atoms with Gasteiger partial charge in [0.1, 0.15) is 5.75 Å². The molecule has 1 unspecified atom stereocenters. The van der Waals surface area contributed by atoms with Gasteiger partial charge >= 0.3 is 0 Å². The van der Waals surface area contributed by atoms with Gasteiger partial charge in [-0.3, -0.25) is 10.1 Å². The monoisotopic (exact) mass is 284 g/mol. The average Bonchev–Trinajstić information content (AvgIpc) is 2.27. The number of hydrogen-bond donors (Lipinski definition) is 1. The smallest absolute Gasteiger partial charge is 0.275 e. The Morgan fingerprint density at radius 3 is 2.58 bits per heavy atom. The summed E-state index contributed by atoms with van der Waals surface area (Å²) in [5, 5.41) is 14.2. The molecule has 1 atom stereocenters. The molecule has 0 spiro atoms. The van der Waals surface area contributed by atoms with E-state index in [2.05, 4.69) is 5.32 Å². The largest absolute Gasteiger partial charge is 0.491 e. The van der Waals surface area contributed by atoms with Gasteiger partial charge in [-0.25, -0.2) is 0 Å². The summed E-state index contributed by atoms with van der Waals surface area (Å²) in [6, 6.07) is 5.02. The van der Waals surface area contributed by atoms with Gasteiger partial charge in [0.15, 0.2) is 0 Å². The summed E-state index contributed by atoms with van der Waals surface area (Å²) in [7, 11) is 0. The minimum atomic E-state index is -0.405. The third-order valence-corrected chi connectivity index (χ3v) is 3.14. The molecule has 0 amide bonds. The van der Waals surface area contributed by atoms with Gasteiger partial charge in [-0.05, 0) is 27.0 Å². The molecular formula is C13H20N2O3S. The molecule has 5 nitrogen and oxygen atoms in total. The van der Waals surface area contributed by atoms with E-state index in [1.54, 1.807) is 17.8 Å². The van der Waals surface area contributed by atoms with Crippen LogP contribution in [0, 0.1) is 10.1 Å². The molecular weight excluding hydrogens is 264 g/mol. The predicted octanol–water partition coefficient (Wildman–Crippen LogP) is 3.55. The van der Waals surface area contributed by atoms with Crippen LogP contribution in [0.1, 0.15) is 20.8 Å². The Morgan fingerprint density at radius 1 is 1.37 bits per heavy atom. The van der Waals surface area contributed by atoms with E-state index in [1.165, 1.54) is 12.1 Å². The summed E-state index contributed by atoms with van der Waals surface area (Å²) < 4.78 is 5.54. The second kappa shape index (κ2) is 7.23. The van der Waals surface area contributed by atoms with Crippen LogP contribution in [0.4, 0.5) is 11.4 Å². The number of ether oxygens (including phenoxy) is 1. The van der Waals surface area contributed by atoms with Crippen LogP contribution < -0.4 is 10.1 Å². The standard InChI is InChI=1S/C13H20N2O3S/c1-9(2)18-13-6-11(14-10(3)8-19-4)5-12(7-13)15(16)17/h5-7,9-10,14H,8H2,1-4H3. The molecule has 0 aliphatic carbocycles. The fraction of sp³-hybridized carbons (Fsp3) is 0.538. The average molecular weight is 284 g/mol. The summed E-state index contributed by atoms with van der Waals surface area (Å²) in [5.74, 6) is 1.45. The number of nitrogens with one attached hydrogen (secondary N) is 1. The highest BCUT2D eigenvalue weighted by Crippen LogP contribution is 2.27. The zero-order valence-electron chi connectivity index (χ0n) is 11.7. The number of nitrogens with zero attached hydrogens (tertiary/aromatic N) is 1. The molecule has 1 aromatic rings. The third kappa shape index (κ3) is 5.38. The van der Waals surface area contributed by atoms with Crippen molar-refractivity contribution < 1.29 is 9.66 Å². The van der Waals surface area contributed by atoms with Crippen LogP contribution in [0.5, 0.6) is 5.75 Å². The molecule has 0 aliphatic rings. The minimum absolute atomic E-state index is 0.0153. The highest BCUT2D eigenvalue weighted by atomic mass is 32.2. The van der Waals surface area contributed by atoms with Crippen molar-refractivity contribution in [3.63, 3.8) is 0 Å². The lowest BCUT2D eigenvalue weighted by Gasteiger charge is -2.16. The first-order valence-electron chi connectivity index (χ1n) is 6.14. The highest BCUT2D eigenvalue weighted by Gasteiger charge is 2.12. The number of nitro benzene ring substituents is 1. The lowest BCUT2D eigenvalue weighted by molar-refractivity contribution is -0.384. The highest BCUT2D eigenvalue weighted by molar-refractivity contribution is 7.98. The normalized spacial score (nSPS) is 12.3. The van der Waals surface area contributed by atoms with E-state index in [-0.39, 0.29) is 17.8 Å². The van der Waals surface area contributed by atoms with Crippen LogP contribution >= 0.6 is 11.8 Å². The van der Waals surface area contributed by atoms with Gasteiger partial charge in [-0.2, -0.15) is 11.8 Å². The van der Waals surface area contributed by atoms with Crippen LogP contribution in [0.15, 0.2) is 18.2 Å². The van der Waals surface area contributed by atoms with Crippen molar-refractivity contribution in [2.24, 2.45) is 0 Å². The molecule has 0 aromatic heterocycles. The first kappa shape index (κ1) is 15.6. The van der Waals surface area contributed by atoms with Gasteiger partial charge in [0.05, 0.1) is 17.1 Å². The quantitative estimate of drug-likeness (QED) is 0.613. The van der Waals surface area contributed by atoms with Gasteiger partial charge in [0.25, 0.3) is 5.69 Å². The molecule has 0 saturated heterocycles. The SMILES string of the molecule is CSCC(C)Nc1cc(OC(C)C)cc([N+](=O)[O-])c1. The van der Waals surface area contributed by atoms with E-state index in [0.29, 0.717) is 11.4 Å². The molecule has 1 rings (SSSR count). The first-order valence-corrected chi connectivity index (χ1v) is 7.53. The summed E-state index contributed by atoms with van der Waals surface area (Å²) in [4.78, 5) is 10.5. The van der Waals surface area contributed by atoms with Gasteiger partial charge in [0.2, 0.25) is 0 Å². The van der Waals surface area contributed by atoms with E-state index in [0.717, 1.165) is 5.75 Å². The number of nitro groups is 1. The van der Waals surface area contributed by atoms with Crippen molar-refractivity contribution in [2.75, 3.05) is 17.3 Å². The molecule has 6 heteroatoms. The number of non-ortho nitro benzene ring substituents is 1. The van der Waals surface area contributed by atoms with Crippen LogP contribution in [0.3, 0.4) is 0 Å². The van der Waals surface area contributed by atoms with Crippen LogP contribution in [0.25, 0.3) is 0 Å². The fourth-order valence-corrected chi connectivity index (χ4v) is 2.27.